The normalized spacial score (nSPS) is 14.0. The van der Waals surface area contributed by atoms with Crippen LogP contribution in [0.1, 0.15) is 16.5 Å². The zero-order valence-corrected chi connectivity index (χ0v) is 15.1. The molecule has 1 aliphatic heterocycles. The molecule has 9 nitrogen and oxygen atoms in total. The molecule has 0 atom stereocenters. The summed E-state index contributed by atoms with van der Waals surface area (Å²) in [4.78, 5) is 27.4. The lowest BCUT2D eigenvalue weighted by Gasteiger charge is -2.38. The van der Waals surface area contributed by atoms with Crippen LogP contribution in [0.4, 0.5) is 14.9 Å². The number of nitrogens with zero attached hydrogens (tertiary/aromatic N) is 5. The van der Waals surface area contributed by atoms with Gasteiger partial charge in [0.15, 0.2) is 5.69 Å². The lowest BCUT2D eigenvalue weighted by molar-refractivity contribution is 0.0738. The number of likely N-dealkylation sites (N-methyl/N-ethyl adjacent to an activating group) is 1. The second kappa shape index (κ2) is 8.12. The highest BCUT2D eigenvalue weighted by molar-refractivity contribution is 5.92. The van der Waals surface area contributed by atoms with Crippen LogP contribution >= 0.6 is 0 Å². The molecule has 144 valence electrons. The van der Waals surface area contributed by atoms with Crippen molar-refractivity contribution in [2.75, 3.05) is 45.7 Å². The van der Waals surface area contributed by atoms with E-state index >= 15 is 0 Å². The van der Waals surface area contributed by atoms with Crippen LogP contribution in [-0.4, -0.2) is 77.1 Å². The summed E-state index contributed by atoms with van der Waals surface area (Å²) in [5.74, 6) is -0.730. The molecule has 0 aliphatic carbocycles. The fourth-order valence-corrected chi connectivity index (χ4v) is 2.62. The molecule has 1 fully saturated rings. The minimum Gasteiger partial charge on any atom is -0.383 e. The van der Waals surface area contributed by atoms with E-state index in [-0.39, 0.29) is 29.4 Å². The fraction of sp³-hybridized carbons (Fsp3) is 0.412. The number of para-hydroxylation sites is 1. The SMILES string of the molecule is COCCN(C)C(=O)c1cn(C2CN(C(=O)Nc3ccccc3F)C2)nn1. The van der Waals surface area contributed by atoms with Gasteiger partial charge in [-0.1, -0.05) is 17.3 Å². The molecule has 3 rings (SSSR count). The molecule has 0 spiro atoms. The Morgan fingerprint density at radius 3 is 2.81 bits per heavy atom. The van der Waals surface area contributed by atoms with Gasteiger partial charge in [-0.3, -0.25) is 4.79 Å². The molecule has 1 aromatic carbocycles. The zero-order chi connectivity index (χ0) is 19.4. The molecule has 1 aromatic heterocycles. The molecular weight excluding hydrogens is 355 g/mol. The van der Waals surface area contributed by atoms with Crippen molar-refractivity contribution in [1.82, 2.24) is 24.8 Å². The van der Waals surface area contributed by atoms with Gasteiger partial charge in [-0.2, -0.15) is 0 Å². The van der Waals surface area contributed by atoms with Crippen LogP contribution in [0, 0.1) is 5.82 Å². The maximum atomic E-state index is 13.6. The summed E-state index contributed by atoms with van der Waals surface area (Å²) in [5.41, 5.74) is 0.376. The van der Waals surface area contributed by atoms with Crippen molar-refractivity contribution in [1.29, 1.82) is 0 Å². The number of hydrogen-bond donors (Lipinski definition) is 1. The van der Waals surface area contributed by atoms with Crippen molar-refractivity contribution in [2.24, 2.45) is 0 Å². The van der Waals surface area contributed by atoms with Crippen molar-refractivity contribution in [3.63, 3.8) is 0 Å². The summed E-state index contributed by atoms with van der Waals surface area (Å²) < 4.78 is 20.1. The number of likely N-dealkylation sites (tertiary alicyclic amines) is 1. The average molecular weight is 376 g/mol. The monoisotopic (exact) mass is 376 g/mol. The van der Waals surface area contributed by atoms with E-state index < -0.39 is 5.82 Å². The molecule has 2 heterocycles. The Kier molecular flexibility index (Phi) is 5.65. The Bertz CT molecular complexity index is 821. The topological polar surface area (TPSA) is 92.6 Å². The van der Waals surface area contributed by atoms with Gasteiger partial charge in [0.25, 0.3) is 5.91 Å². The Morgan fingerprint density at radius 1 is 1.37 bits per heavy atom. The van der Waals surface area contributed by atoms with Gasteiger partial charge < -0.3 is 19.9 Å². The highest BCUT2D eigenvalue weighted by Gasteiger charge is 2.33. The first-order valence-corrected chi connectivity index (χ1v) is 8.46. The van der Waals surface area contributed by atoms with E-state index in [1.165, 1.54) is 21.9 Å². The van der Waals surface area contributed by atoms with Gasteiger partial charge in [0.1, 0.15) is 5.82 Å². The Morgan fingerprint density at radius 2 is 2.11 bits per heavy atom. The molecule has 3 amide bonds. The largest absolute Gasteiger partial charge is 0.383 e. The van der Waals surface area contributed by atoms with Gasteiger partial charge in [-0.15, -0.1) is 5.10 Å². The van der Waals surface area contributed by atoms with Gasteiger partial charge in [0, 0.05) is 33.8 Å². The lowest BCUT2D eigenvalue weighted by atomic mass is 10.1. The second-order valence-electron chi connectivity index (χ2n) is 6.27. The van der Waals surface area contributed by atoms with E-state index in [2.05, 4.69) is 15.6 Å². The first-order valence-electron chi connectivity index (χ1n) is 8.46. The molecular formula is C17H21FN6O3. The van der Waals surface area contributed by atoms with E-state index in [0.717, 1.165) is 0 Å². The summed E-state index contributed by atoms with van der Waals surface area (Å²) in [7, 11) is 3.23. The molecule has 0 radical (unpaired) electrons. The molecule has 27 heavy (non-hydrogen) atoms. The summed E-state index contributed by atoms with van der Waals surface area (Å²) in [6.07, 6.45) is 1.57. The van der Waals surface area contributed by atoms with Crippen molar-refractivity contribution < 1.29 is 18.7 Å². The number of carbonyl (C=O) groups is 2. The number of carbonyl (C=O) groups excluding carboxylic acids is 2. The van der Waals surface area contributed by atoms with Gasteiger partial charge in [0.05, 0.1) is 24.5 Å². The number of nitrogens with one attached hydrogen (secondary N) is 1. The third kappa shape index (κ3) is 4.22. The average Bonchev–Trinajstić information content (AvgIpc) is 3.09. The van der Waals surface area contributed by atoms with Gasteiger partial charge >= 0.3 is 6.03 Å². The summed E-state index contributed by atoms with van der Waals surface area (Å²) in [5, 5.41) is 10.4. The zero-order valence-electron chi connectivity index (χ0n) is 15.1. The Labute approximate surface area is 155 Å². The molecule has 1 aliphatic rings. The van der Waals surface area contributed by atoms with Crippen LogP contribution in [-0.2, 0) is 4.74 Å². The predicted octanol–water partition coefficient (Wildman–Crippen LogP) is 1.22. The minimum atomic E-state index is -0.486. The maximum absolute atomic E-state index is 13.6. The second-order valence-corrected chi connectivity index (χ2v) is 6.27. The summed E-state index contributed by atoms with van der Waals surface area (Å²) in [6, 6.07) is 5.53. The van der Waals surface area contributed by atoms with Crippen LogP contribution in [0.25, 0.3) is 0 Å². The minimum absolute atomic E-state index is 0.0744. The highest BCUT2D eigenvalue weighted by atomic mass is 19.1. The standard InChI is InChI=1S/C17H21FN6O3/c1-22(7-8-27-2)16(25)15-11-24(21-20-15)12-9-23(10-12)17(26)19-14-6-4-3-5-13(14)18/h3-6,11-12H,7-10H2,1-2H3,(H,19,26). The highest BCUT2D eigenvalue weighted by Crippen LogP contribution is 2.22. The summed E-state index contributed by atoms with van der Waals surface area (Å²) >= 11 is 0. The number of aromatic nitrogens is 3. The van der Waals surface area contributed by atoms with Gasteiger partial charge in [0.2, 0.25) is 0 Å². The number of amides is 3. The molecule has 0 saturated carbocycles. The van der Waals surface area contributed by atoms with E-state index in [0.29, 0.717) is 26.2 Å². The van der Waals surface area contributed by atoms with E-state index in [1.54, 1.807) is 37.2 Å². The van der Waals surface area contributed by atoms with Crippen LogP contribution < -0.4 is 5.32 Å². The van der Waals surface area contributed by atoms with E-state index in [4.69, 9.17) is 4.74 Å². The molecule has 0 bridgehead atoms. The maximum Gasteiger partial charge on any atom is 0.322 e. The van der Waals surface area contributed by atoms with E-state index in [1.807, 2.05) is 0 Å². The molecule has 0 unspecified atom stereocenters. The number of benzene rings is 1. The Balaban J connectivity index is 1.52. The predicted molar refractivity (Wildman–Crippen MR) is 94.9 cm³/mol. The van der Waals surface area contributed by atoms with Crippen LogP contribution in [0.2, 0.25) is 0 Å². The number of methoxy groups -OCH3 is 1. The van der Waals surface area contributed by atoms with Crippen molar-refractivity contribution in [3.8, 4) is 0 Å². The molecule has 10 heteroatoms. The van der Waals surface area contributed by atoms with E-state index in [9.17, 15) is 14.0 Å². The first kappa shape index (κ1) is 18.8. The third-order valence-electron chi connectivity index (χ3n) is 4.35. The lowest BCUT2D eigenvalue weighted by Crippen LogP contribution is -2.52. The molecule has 1 saturated heterocycles. The van der Waals surface area contributed by atoms with Gasteiger partial charge in [-0.05, 0) is 12.1 Å². The first-order chi connectivity index (χ1) is 13.0. The van der Waals surface area contributed by atoms with Crippen LogP contribution in [0.5, 0.6) is 0 Å². The Hall–Kier alpha value is -3.01. The third-order valence-corrected chi connectivity index (χ3v) is 4.35. The fourth-order valence-electron chi connectivity index (χ4n) is 2.62. The van der Waals surface area contributed by atoms with Crippen LogP contribution in [0.3, 0.4) is 0 Å². The quantitative estimate of drug-likeness (QED) is 0.818. The van der Waals surface area contributed by atoms with Crippen LogP contribution in [0.15, 0.2) is 30.5 Å². The number of urea groups is 1. The van der Waals surface area contributed by atoms with Crippen molar-refractivity contribution in [2.45, 2.75) is 6.04 Å². The van der Waals surface area contributed by atoms with Gasteiger partial charge in [-0.25, -0.2) is 13.9 Å². The number of hydrogen-bond acceptors (Lipinski definition) is 5. The number of anilines is 1. The number of halogens is 1. The molecule has 2 aromatic rings. The number of rotatable bonds is 6. The smallest absolute Gasteiger partial charge is 0.322 e. The molecule has 1 N–H and O–H groups in total. The van der Waals surface area contributed by atoms with Crippen molar-refractivity contribution >= 4 is 17.6 Å². The number of ether oxygens (including phenoxy) is 1. The van der Waals surface area contributed by atoms with Crippen molar-refractivity contribution in [3.05, 3.63) is 42.0 Å². The summed E-state index contributed by atoms with van der Waals surface area (Å²) in [6.45, 7) is 1.69.